The second-order valence-electron chi connectivity index (χ2n) is 5.88. The van der Waals surface area contributed by atoms with Gasteiger partial charge in [0.05, 0.1) is 4.92 Å². The number of non-ortho nitro benzene ring substituents is 1. The summed E-state index contributed by atoms with van der Waals surface area (Å²) < 4.78 is 0. The van der Waals surface area contributed by atoms with Crippen molar-refractivity contribution in [1.29, 1.82) is 0 Å². The zero-order chi connectivity index (χ0) is 18.3. The lowest BCUT2D eigenvalue weighted by Crippen LogP contribution is -2.56. The van der Waals surface area contributed by atoms with Crippen LogP contribution in [-0.2, 0) is 9.59 Å². The summed E-state index contributed by atoms with van der Waals surface area (Å²) >= 11 is 1.70. The van der Waals surface area contributed by atoms with Crippen LogP contribution in [0.1, 0.15) is 25.7 Å². The molecule has 0 aliphatic carbocycles. The molecule has 0 saturated carbocycles. The molecule has 1 aliphatic rings. The molecule has 0 bridgehead atoms. The number of amides is 1. The molecule has 0 unspecified atom stereocenters. The van der Waals surface area contributed by atoms with Gasteiger partial charge in [0.25, 0.3) is 5.69 Å². The molecule has 1 saturated heterocycles. The second kappa shape index (κ2) is 8.70. The molecule has 0 aromatic heterocycles. The number of hydrogen-bond donors (Lipinski definition) is 3. The molecule has 1 amide bonds. The highest BCUT2D eigenvalue weighted by Crippen LogP contribution is 2.27. The van der Waals surface area contributed by atoms with E-state index in [9.17, 15) is 24.8 Å². The van der Waals surface area contributed by atoms with Crippen molar-refractivity contribution >= 4 is 35.0 Å². The molecular formula is C16H21N3O5S. The number of nitrogens with zero attached hydrogens (tertiary/aromatic N) is 1. The van der Waals surface area contributed by atoms with Gasteiger partial charge in [-0.25, -0.2) is 4.79 Å². The second-order valence-corrected chi connectivity index (χ2v) is 7.11. The third kappa shape index (κ3) is 5.35. The van der Waals surface area contributed by atoms with Crippen LogP contribution in [0.5, 0.6) is 0 Å². The number of nitro groups is 1. The molecule has 1 aromatic carbocycles. The Bertz CT molecular complexity index is 629. The van der Waals surface area contributed by atoms with Gasteiger partial charge in [-0.15, -0.1) is 0 Å². The number of carbonyl (C=O) groups is 2. The molecule has 1 heterocycles. The summed E-state index contributed by atoms with van der Waals surface area (Å²) in [5, 5.41) is 25.8. The smallest absolute Gasteiger partial charge is 0.329 e. The lowest BCUT2D eigenvalue weighted by Gasteiger charge is -2.33. The highest BCUT2D eigenvalue weighted by Gasteiger charge is 2.40. The molecule has 136 valence electrons. The van der Waals surface area contributed by atoms with Gasteiger partial charge in [0.2, 0.25) is 5.91 Å². The number of rotatable bonds is 8. The number of benzene rings is 1. The average Bonchev–Trinajstić information content (AvgIpc) is 2.60. The van der Waals surface area contributed by atoms with Crippen LogP contribution in [0.2, 0.25) is 0 Å². The van der Waals surface area contributed by atoms with E-state index in [1.54, 1.807) is 23.9 Å². The highest BCUT2D eigenvalue weighted by atomic mass is 32.2. The maximum Gasteiger partial charge on any atom is 0.329 e. The number of aliphatic carboxylic acids is 1. The van der Waals surface area contributed by atoms with Gasteiger partial charge in [-0.3, -0.25) is 14.9 Å². The number of hydrogen-bond acceptors (Lipinski definition) is 6. The minimum Gasteiger partial charge on any atom is -0.480 e. The van der Waals surface area contributed by atoms with E-state index in [0.717, 1.165) is 17.2 Å². The Morgan fingerprint density at radius 3 is 2.44 bits per heavy atom. The van der Waals surface area contributed by atoms with Crippen LogP contribution in [0.25, 0.3) is 0 Å². The highest BCUT2D eigenvalue weighted by molar-refractivity contribution is 7.99. The number of carboxylic acids is 1. The van der Waals surface area contributed by atoms with Crippen LogP contribution in [0.4, 0.5) is 11.4 Å². The fourth-order valence-electron chi connectivity index (χ4n) is 2.62. The molecule has 25 heavy (non-hydrogen) atoms. The Hall–Kier alpha value is -2.29. The summed E-state index contributed by atoms with van der Waals surface area (Å²) in [5.41, 5.74) is -0.374. The summed E-state index contributed by atoms with van der Waals surface area (Å²) in [7, 11) is 0. The van der Waals surface area contributed by atoms with Crippen LogP contribution >= 0.6 is 11.8 Å². The molecule has 3 N–H and O–H groups in total. The van der Waals surface area contributed by atoms with Gasteiger partial charge in [-0.05, 0) is 42.9 Å². The summed E-state index contributed by atoms with van der Waals surface area (Å²) in [6, 6.07) is 6.04. The standard InChI is InChI=1S/C16H21N3O5S/c20-14(18-16(15(21)22)7-10-25-11-8-16)2-1-9-17-12-3-5-13(6-4-12)19(23)24/h3-6,17H,1-2,7-11H2,(H,18,20)(H,21,22). The van der Waals surface area contributed by atoms with Crippen molar-refractivity contribution in [1.82, 2.24) is 5.32 Å². The molecule has 8 nitrogen and oxygen atoms in total. The molecule has 1 fully saturated rings. The van der Waals surface area contributed by atoms with E-state index in [4.69, 9.17) is 0 Å². The molecule has 0 atom stereocenters. The van der Waals surface area contributed by atoms with Crippen LogP contribution < -0.4 is 10.6 Å². The van der Waals surface area contributed by atoms with Crippen molar-refractivity contribution in [2.75, 3.05) is 23.4 Å². The summed E-state index contributed by atoms with van der Waals surface area (Å²) in [6.45, 7) is 0.515. The average molecular weight is 367 g/mol. The topological polar surface area (TPSA) is 122 Å². The molecule has 1 aliphatic heterocycles. The minimum atomic E-state index is -1.13. The van der Waals surface area contributed by atoms with Crippen molar-refractivity contribution in [3.63, 3.8) is 0 Å². The van der Waals surface area contributed by atoms with Crippen LogP contribution in [0, 0.1) is 10.1 Å². The summed E-state index contributed by atoms with van der Waals surface area (Å²) in [6.07, 6.45) is 1.65. The Morgan fingerprint density at radius 2 is 1.88 bits per heavy atom. The maximum absolute atomic E-state index is 12.1. The number of nitrogens with one attached hydrogen (secondary N) is 2. The van der Waals surface area contributed by atoms with E-state index in [-0.39, 0.29) is 18.0 Å². The fraction of sp³-hybridized carbons (Fsp3) is 0.500. The zero-order valence-electron chi connectivity index (χ0n) is 13.7. The van der Waals surface area contributed by atoms with Crippen LogP contribution in [0.3, 0.4) is 0 Å². The van der Waals surface area contributed by atoms with Gasteiger partial charge in [-0.2, -0.15) is 11.8 Å². The van der Waals surface area contributed by atoms with Gasteiger partial charge >= 0.3 is 5.97 Å². The monoisotopic (exact) mass is 367 g/mol. The minimum absolute atomic E-state index is 0.0227. The largest absolute Gasteiger partial charge is 0.480 e. The van der Waals surface area contributed by atoms with E-state index in [1.165, 1.54) is 12.1 Å². The first-order valence-electron chi connectivity index (χ1n) is 8.03. The number of thioether (sulfide) groups is 1. The number of carbonyl (C=O) groups excluding carboxylic acids is 1. The normalized spacial score (nSPS) is 16.0. The molecule has 1 aromatic rings. The Labute approximate surface area is 149 Å². The third-order valence-electron chi connectivity index (χ3n) is 4.12. The summed E-state index contributed by atoms with van der Waals surface area (Å²) in [5.74, 6) is 0.229. The molecule has 2 rings (SSSR count). The molecule has 0 radical (unpaired) electrons. The van der Waals surface area contributed by atoms with Gasteiger partial charge in [0, 0.05) is 30.8 Å². The van der Waals surface area contributed by atoms with E-state index in [0.29, 0.717) is 25.8 Å². The van der Waals surface area contributed by atoms with Crippen LogP contribution in [-0.4, -0.2) is 45.5 Å². The lowest BCUT2D eigenvalue weighted by molar-refractivity contribution is -0.384. The van der Waals surface area contributed by atoms with Crippen molar-refractivity contribution in [2.45, 2.75) is 31.2 Å². The number of nitro benzene ring substituents is 1. The molecule has 9 heteroatoms. The van der Waals surface area contributed by atoms with Gasteiger partial charge in [-0.1, -0.05) is 0 Å². The maximum atomic E-state index is 12.1. The predicted octanol–water partition coefficient (Wildman–Crippen LogP) is 2.25. The lowest BCUT2D eigenvalue weighted by atomic mass is 9.92. The fourth-order valence-corrected chi connectivity index (χ4v) is 3.81. The van der Waals surface area contributed by atoms with Gasteiger partial charge < -0.3 is 15.7 Å². The molecule has 0 spiro atoms. The molecular weight excluding hydrogens is 346 g/mol. The summed E-state index contributed by atoms with van der Waals surface area (Å²) in [4.78, 5) is 33.7. The van der Waals surface area contributed by atoms with E-state index >= 15 is 0 Å². The van der Waals surface area contributed by atoms with Crippen molar-refractivity contribution in [2.24, 2.45) is 0 Å². The SMILES string of the molecule is O=C(CCCNc1ccc([N+](=O)[O-])cc1)NC1(C(=O)O)CCSCC1. The van der Waals surface area contributed by atoms with E-state index < -0.39 is 16.4 Å². The zero-order valence-corrected chi connectivity index (χ0v) is 14.5. The first kappa shape index (κ1) is 19.0. The van der Waals surface area contributed by atoms with E-state index in [2.05, 4.69) is 10.6 Å². The Morgan fingerprint density at radius 1 is 1.24 bits per heavy atom. The third-order valence-corrected chi connectivity index (χ3v) is 5.11. The van der Waals surface area contributed by atoms with E-state index in [1.807, 2.05) is 0 Å². The first-order chi connectivity index (χ1) is 11.9. The Kier molecular flexibility index (Phi) is 6.63. The van der Waals surface area contributed by atoms with Crippen molar-refractivity contribution in [3.8, 4) is 0 Å². The number of carboxylic acid groups (broad SMARTS) is 1. The predicted molar refractivity (Wildman–Crippen MR) is 95.9 cm³/mol. The quantitative estimate of drug-likeness (QED) is 0.366. The van der Waals surface area contributed by atoms with Gasteiger partial charge in [0.15, 0.2) is 0 Å². The first-order valence-corrected chi connectivity index (χ1v) is 9.19. The Balaban J connectivity index is 1.74. The van der Waals surface area contributed by atoms with Crippen LogP contribution in [0.15, 0.2) is 24.3 Å². The van der Waals surface area contributed by atoms with Crippen molar-refractivity contribution < 1.29 is 19.6 Å². The number of anilines is 1. The van der Waals surface area contributed by atoms with Crippen molar-refractivity contribution in [3.05, 3.63) is 34.4 Å². The van der Waals surface area contributed by atoms with Gasteiger partial charge in [0.1, 0.15) is 5.54 Å².